The summed E-state index contributed by atoms with van der Waals surface area (Å²) in [6.07, 6.45) is 2.18. The van der Waals surface area contributed by atoms with Crippen LogP contribution in [0.25, 0.3) is 11.1 Å². The third-order valence-corrected chi connectivity index (χ3v) is 4.38. The molecule has 1 aliphatic carbocycles. The summed E-state index contributed by atoms with van der Waals surface area (Å²) in [5, 5.41) is 0. The van der Waals surface area contributed by atoms with E-state index < -0.39 is 0 Å². The van der Waals surface area contributed by atoms with E-state index in [9.17, 15) is 0 Å². The van der Waals surface area contributed by atoms with Crippen molar-refractivity contribution in [1.82, 2.24) is 0 Å². The molecule has 1 nitrogen and oxygen atoms in total. The van der Waals surface area contributed by atoms with Crippen LogP contribution in [0.5, 0.6) is 0 Å². The van der Waals surface area contributed by atoms with Crippen LogP contribution in [-0.2, 0) is 11.8 Å². The SMILES string of the molecule is CC(C)(C)c1ccc(-c2cccc3c2CCC3N)cc1. The second-order valence-corrected chi connectivity index (χ2v) is 6.85. The molecule has 2 aromatic carbocycles. The lowest BCUT2D eigenvalue weighted by Gasteiger charge is -2.19. The summed E-state index contributed by atoms with van der Waals surface area (Å²) in [7, 11) is 0. The molecule has 1 unspecified atom stereocenters. The van der Waals surface area contributed by atoms with E-state index in [0.29, 0.717) is 0 Å². The number of benzene rings is 2. The van der Waals surface area contributed by atoms with Crippen LogP contribution >= 0.6 is 0 Å². The maximum atomic E-state index is 6.17. The molecule has 2 aromatic rings. The van der Waals surface area contributed by atoms with Gasteiger partial charge in [0, 0.05) is 6.04 Å². The largest absolute Gasteiger partial charge is 0.324 e. The molecule has 0 aromatic heterocycles. The Kier molecular flexibility index (Phi) is 3.18. The summed E-state index contributed by atoms with van der Waals surface area (Å²) in [5.74, 6) is 0. The van der Waals surface area contributed by atoms with E-state index in [1.807, 2.05) is 0 Å². The van der Waals surface area contributed by atoms with Crippen molar-refractivity contribution < 1.29 is 0 Å². The van der Waals surface area contributed by atoms with Gasteiger partial charge in [-0.1, -0.05) is 63.2 Å². The first-order valence-corrected chi connectivity index (χ1v) is 7.45. The molecule has 0 heterocycles. The molecular weight excluding hydrogens is 242 g/mol. The van der Waals surface area contributed by atoms with Gasteiger partial charge in [0.05, 0.1) is 0 Å². The molecule has 0 saturated heterocycles. The summed E-state index contributed by atoms with van der Waals surface area (Å²) < 4.78 is 0. The number of nitrogens with two attached hydrogens (primary N) is 1. The molecule has 20 heavy (non-hydrogen) atoms. The smallest absolute Gasteiger partial charge is 0.0300 e. The first-order chi connectivity index (χ1) is 9.47. The minimum absolute atomic E-state index is 0.208. The Labute approximate surface area is 121 Å². The van der Waals surface area contributed by atoms with Crippen LogP contribution in [0.4, 0.5) is 0 Å². The molecule has 0 spiro atoms. The Morgan fingerprint density at radius 2 is 1.70 bits per heavy atom. The van der Waals surface area contributed by atoms with E-state index in [-0.39, 0.29) is 11.5 Å². The zero-order chi connectivity index (χ0) is 14.3. The molecule has 1 atom stereocenters. The van der Waals surface area contributed by atoms with Crippen molar-refractivity contribution in [3.63, 3.8) is 0 Å². The normalized spacial score (nSPS) is 18.1. The molecular formula is C19H23N. The topological polar surface area (TPSA) is 26.0 Å². The van der Waals surface area contributed by atoms with E-state index in [2.05, 4.69) is 63.2 Å². The number of fused-ring (bicyclic) bond motifs is 1. The van der Waals surface area contributed by atoms with Crippen LogP contribution in [-0.4, -0.2) is 0 Å². The molecule has 0 fully saturated rings. The standard InChI is InChI=1S/C19H23N/c1-19(2,3)14-9-7-13(8-10-14)15-5-4-6-17-16(15)11-12-18(17)20/h4-10,18H,11-12,20H2,1-3H3. The number of hydrogen-bond acceptors (Lipinski definition) is 1. The summed E-state index contributed by atoms with van der Waals surface area (Å²) in [6, 6.07) is 15.8. The van der Waals surface area contributed by atoms with Crippen molar-refractivity contribution in [2.75, 3.05) is 0 Å². The van der Waals surface area contributed by atoms with Gasteiger partial charge in [0.1, 0.15) is 0 Å². The van der Waals surface area contributed by atoms with Gasteiger partial charge in [-0.15, -0.1) is 0 Å². The minimum Gasteiger partial charge on any atom is -0.324 e. The van der Waals surface area contributed by atoms with Crippen LogP contribution in [0.15, 0.2) is 42.5 Å². The predicted octanol–water partition coefficient (Wildman–Crippen LogP) is 4.60. The molecule has 1 heteroatoms. The maximum Gasteiger partial charge on any atom is 0.0300 e. The van der Waals surface area contributed by atoms with Crippen LogP contribution in [0.1, 0.15) is 49.9 Å². The fraction of sp³-hybridized carbons (Fsp3) is 0.368. The molecule has 0 amide bonds. The van der Waals surface area contributed by atoms with E-state index in [1.165, 1.54) is 27.8 Å². The predicted molar refractivity (Wildman–Crippen MR) is 85.8 cm³/mol. The van der Waals surface area contributed by atoms with Gasteiger partial charge in [-0.25, -0.2) is 0 Å². The monoisotopic (exact) mass is 265 g/mol. The fourth-order valence-corrected chi connectivity index (χ4v) is 3.11. The van der Waals surface area contributed by atoms with Crippen molar-refractivity contribution in [3.05, 3.63) is 59.2 Å². The third-order valence-electron chi connectivity index (χ3n) is 4.38. The summed E-state index contributed by atoms with van der Waals surface area (Å²) in [4.78, 5) is 0. The minimum atomic E-state index is 0.208. The first-order valence-electron chi connectivity index (χ1n) is 7.45. The van der Waals surface area contributed by atoms with Gasteiger partial charge < -0.3 is 5.73 Å². The van der Waals surface area contributed by atoms with Gasteiger partial charge in [0.2, 0.25) is 0 Å². The Morgan fingerprint density at radius 1 is 1.00 bits per heavy atom. The highest BCUT2D eigenvalue weighted by Crippen LogP contribution is 2.37. The Hall–Kier alpha value is -1.60. The van der Waals surface area contributed by atoms with Crippen LogP contribution < -0.4 is 5.73 Å². The van der Waals surface area contributed by atoms with Crippen LogP contribution in [0, 0.1) is 0 Å². The molecule has 104 valence electrons. The maximum absolute atomic E-state index is 6.17. The van der Waals surface area contributed by atoms with Crippen LogP contribution in [0.2, 0.25) is 0 Å². The Balaban J connectivity index is 2.03. The lowest BCUT2D eigenvalue weighted by molar-refractivity contribution is 0.590. The number of rotatable bonds is 1. The lowest BCUT2D eigenvalue weighted by Crippen LogP contribution is -2.10. The zero-order valence-corrected chi connectivity index (χ0v) is 12.6. The molecule has 1 aliphatic rings. The van der Waals surface area contributed by atoms with E-state index in [1.54, 1.807) is 0 Å². The average molecular weight is 265 g/mol. The van der Waals surface area contributed by atoms with Gasteiger partial charge in [0.15, 0.2) is 0 Å². The number of hydrogen-bond donors (Lipinski definition) is 1. The lowest BCUT2D eigenvalue weighted by atomic mass is 9.86. The highest BCUT2D eigenvalue weighted by molar-refractivity contribution is 5.70. The molecule has 3 rings (SSSR count). The summed E-state index contributed by atoms with van der Waals surface area (Å²) in [5.41, 5.74) is 13.2. The van der Waals surface area contributed by atoms with Gasteiger partial charge in [0.25, 0.3) is 0 Å². The second-order valence-electron chi connectivity index (χ2n) is 6.85. The first kappa shape index (κ1) is 13.4. The van der Waals surface area contributed by atoms with E-state index in [0.717, 1.165) is 12.8 Å². The Morgan fingerprint density at radius 3 is 2.35 bits per heavy atom. The highest BCUT2D eigenvalue weighted by atomic mass is 14.6. The molecule has 0 bridgehead atoms. The summed E-state index contributed by atoms with van der Waals surface area (Å²) >= 11 is 0. The van der Waals surface area contributed by atoms with Gasteiger partial charge >= 0.3 is 0 Å². The molecule has 2 N–H and O–H groups in total. The van der Waals surface area contributed by atoms with Gasteiger partial charge in [-0.2, -0.15) is 0 Å². The van der Waals surface area contributed by atoms with Crippen molar-refractivity contribution in [3.8, 4) is 11.1 Å². The zero-order valence-electron chi connectivity index (χ0n) is 12.6. The third kappa shape index (κ3) is 2.27. The van der Waals surface area contributed by atoms with Crippen molar-refractivity contribution in [2.45, 2.75) is 45.1 Å². The molecule has 0 radical (unpaired) electrons. The van der Waals surface area contributed by atoms with E-state index >= 15 is 0 Å². The van der Waals surface area contributed by atoms with E-state index in [4.69, 9.17) is 5.73 Å². The fourth-order valence-electron chi connectivity index (χ4n) is 3.11. The van der Waals surface area contributed by atoms with Gasteiger partial charge in [-0.05, 0) is 46.1 Å². The van der Waals surface area contributed by atoms with Crippen molar-refractivity contribution in [1.29, 1.82) is 0 Å². The highest BCUT2D eigenvalue weighted by Gasteiger charge is 2.22. The molecule has 0 aliphatic heterocycles. The summed E-state index contributed by atoms with van der Waals surface area (Å²) in [6.45, 7) is 6.75. The van der Waals surface area contributed by atoms with Crippen molar-refractivity contribution in [2.24, 2.45) is 5.73 Å². The second kappa shape index (κ2) is 4.75. The van der Waals surface area contributed by atoms with Crippen molar-refractivity contribution >= 4 is 0 Å². The van der Waals surface area contributed by atoms with Crippen LogP contribution in [0.3, 0.4) is 0 Å². The molecule has 0 saturated carbocycles. The average Bonchev–Trinajstić information content (AvgIpc) is 2.80. The van der Waals surface area contributed by atoms with Gasteiger partial charge in [-0.3, -0.25) is 0 Å². The Bertz CT molecular complexity index is 617. The quantitative estimate of drug-likeness (QED) is 0.801.